The van der Waals surface area contributed by atoms with E-state index in [0.29, 0.717) is 6.42 Å². The van der Waals surface area contributed by atoms with Gasteiger partial charge >= 0.3 is 0 Å². The van der Waals surface area contributed by atoms with Crippen LogP contribution in [0.15, 0.2) is 36.5 Å². The Bertz CT molecular complexity index is 655. The fourth-order valence-corrected chi connectivity index (χ4v) is 3.34. The van der Waals surface area contributed by atoms with Gasteiger partial charge in [0.1, 0.15) is 0 Å². The number of nitrogens with zero attached hydrogens (tertiary/aromatic N) is 1. The summed E-state index contributed by atoms with van der Waals surface area (Å²) in [6.07, 6.45) is 3.62. The van der Waals surface area contributed by atoms with Crippen molar-refractivity contribution < 1.29 is 4.79 Å². The number of rotatable bonds is 1. The molecule has 0 atom stereocenters. The highest BCUT2D eigenvalue weighted by atomic mass is 127. The third kappa shape index (κ3) is 2.36. The van der Waals surface area contributed by atoms with Crippen LogP contribution in [0.3, 0.4) is 0 Å². The first-order valence-corrected chi connectivity index (χ1v) is 7.53. The van der Waals surface area contributed by atoms with Gasteiger partial charge in [0.2, 0.25) is 0 Å². The molecule has 1 aliphatic rings. The van der Waals surface area contributed by atoms with E-state index in [9.17, 15) is 4.79 Å². The lowest BCUT2D eigenvalue weighted by Gasteiger charge is -2.29. The maximum absolute atomic E-state index is 12.2. The van der Waals surface area contributed by atoms with Gasteiger partial charge in [-0.1, -0.05) is 19.9 Å². The smallest absolute Gasteiger partial charge is 0.165 e. The summed E-state index contributed by atoms with van der Waals surface area (Å²) in [4.78, 5) is 12.2. The fraction of sp³-hybridized carbons (Fsp3) is 0.312. The van der Waals surface area contributed by atoms with E-state index in [1.807, 2.05) is 12.3 Å². The van der Waals surface area contributed by atoms with Crippen molar-refractivity contribution in [1.82, 2.24) is 4.57 Å². The number of carbonyl (C=O) groups excluding carboxylic acids is 1. The molecule has 0 unspecified atom stereocenters. The third-order valence-corrected chi connectivity index (χ3v) is 4.33. The maximum Gasteiger partial charge on any atom is 0.165 e. The van der Waals surface area contributed by atoms with Crippen LogP contribution in [0.2, 0.25) is 0 Å². The van der Waals surface area contributed by atoms with Gasteiger partial charge in [-0.25, -0.2) is 0 Å². The SMILES string of the molecule is CC1(C)CC(=O)c2ccn(-c3cccc(I)c3)c2C1. The van der Waals surface area contributed by atoms with Crippen molar-refractivity contribution in [3.63, 3.8) is 0 Å². The molecule has 0 bridgehead atoms. The van der Waals surface area contributed by atoms with E-state index in [-0.39, 0.29) is 11.2 Å². The van der Waals surface area contributed by atoms with Crippen molar-refractivity contribution in [2.45, 2.75) is 26.7 Å². The zero-order valence-corrected chi connectivity index (χ0v) is 13.3. The normalized spacial score (nSPS) is 17.3. The third-order valence-electron chi connectivity index (χ3n) is 3.66. The first-order valence-electron chi connectivity index (χ1n) is 6.46. The van der Waals surface area contributed by atoms with Crippen molar-refractivity contribution >= 4 is 28.4 Å². The van der Waals surface area contributed by atoms with Gasteiger partial charge in [-0.15, -0.1) is 0 Å². The minimum atomic E-state index is 0.0577. The Balaban J connectivity index is 2.14. The van der Waals surface area contributed by atoms with Crippen molar-refractivity contribution in [2.24, 2.45) is 5.41 Å². The molecule has 0 fully saturated rings. The molecule has 0 saturated heterocycles. The van der Waals surface area contributed by atoms with E-state index in [0.717, 1.165) is 23.4 Å². The second-order valence-corrected chi connectivity index (χ2v) is 7.21. The van der Waals surface area contributed by atoms with E-state index in [1.165, 1.54) is 3.57 Å². The van der Waals surface area contributed by atoms with Crippen molar-refractivity contribution in [3.8, 4) is 5.69 Å². The van der Waals surface area contributed by atoms with Gasteiger partial charge in [-0.2, -0.15) is 0 Å². The zero-order chi connectivity index (χ0) is 13.6. The molecule has 2 aromatic rings. The van der Waals surface area contributed by atoms with E-state index < -0.39 is 0 Å². The first-order chi connectivity index (χ1) is 8.96. The summed E-state index contributed by atoms with van der Waals surface area (Å²) >= 11 is 2.32. The highest BCUT2D eigenvalue weighted by Crippen LogP contribution is 2.36. The van der Waals surface area contributed by atoms with E-state index in [2.05, 4.69) is 65.3 Å². The van der Waals surface area contributed by atoms with Crippen molar-refractivity contribution in [3.05, 3.63) is 51.4 Å². The van der Waals surface area contributed by atoms with Crippen LogP contribution in [0.5, 0.6) is 0 Å². The van der Waals surface area contributed by atoms with Gasteiger partial charge in [0.05, 0.1) is 0 Å². The minimum Gasteiger partial charge on any atom is -0.320 e. The highest BCUT2D eigenvalue weighted by molar-refractivity contribution is 14.1. The molecule has 3 rings (SSSR count). The second-order valence-electron chi connectivity index (χ2n) is 5.97. The summed E-state index contributed by atoms with van der Waals surface area (Å²) in [6.45, 7) is 4.33. The molecule has 2 nitrogen and oxygen atoms in total. The Morgan fingerprint density at radius 1 is 1.21 bits per heavy atom. The molecule has 0 amide bonds. The Hall–Kier alpha value is -1.10. The molecular weight excluding hydrogens is 349 g/mol. The van der Waals surface area contributed by atoms with Crippen LogP contribution < -0.4 is 0 Å². The Labute approximate surface area is 127 Å². The molecule has 1 aromatic heterocycles. The summed E-state index contributed by atoms with van der Waals surface area (Å²) in [5, 5.41) is 0. The Morgan fingerprint density at radius 3 is 2.74 bits per heavy atom. The molecular formula is C16H16INO. The lowest BCUT2D eigenvalue weighted by Crippen LogP contribution is -2.27. The minimum absolute atomic E-state index is 0.0577. The van der Waals surface area contributed by atoms with Crippen LogP contribution in [0.1, 0.15) is 36.3 Å². The molecule has 0 saturated carbocycles. The molecule has 98 valence electrons. The number of aromatic nitrogens is 1. The Kier molecular flexibility index (Phi) is 3.04. The average Bonchev–Trinajstić information content (AvgIpc) is 2.71. The number of hydrogen-bond donors (Lipinski definition) is 0. The quantitative estimate of drug-likeness (QED) is 0.693. The molecule has 1 aliphatic carbocycles. The lowest BCUT2D eigenvalue weighted by molar-refractivity contribution is 0.0911. The van der Waals surface area contributed by atoms with Crippen LogP contribution in [0.25, 0.3) is 5.69 Å². The molecule has 19 heavy (non-hydrogen) atoms. The number of fused-ring (bicyclic) bond motifs is 1. The van der Waals surface area contributed by atoms with Crippen molar-refractivity contribution in [1.29, 1.82) is 0 Å². The molecule has 1 aromatic carbocycles. The monoisotopic (exact) mass is 365 g/mol. The molecule has 0 N–H and O–H groups in total. The second kappa shape index (κ2) is 4.47. The van der Waals surface area contributed by atoms with E-state index in [4.69, 9.17) is 0 Å². The van der Waals surface area contributed by atoms with Gasteiger partial charge in [-0.05, 0) is 58.7 Å². The lowest BCUT2D eigenvalue weighted by atomic mass is 9.76. The molecule has 1 heterocycles. The maximum atomic E-state index is 12.2. The van der Waals surface area contributed by atoms with Gasteiger partial charge in [0, 0.05) is 33.1 Å². The van der Waals surface area contributed by atoms with Gasteiger partial charge in [0.25, 0.3) is 0 Å². The summed E-state index contributed by atoms with van der Waals surface area (Å²) in [5.41, 5.74) is 3.25. The first kappa shape index (κ1) is 12.9. The van der Waals surface area contributed by atoms with Crippen LogP contribution in [-0.2, 0) is 6.42 Å². The average molecular weight is 365 g/mol. The number of hydrogen-bond acceptors (Lipinski definition) is 1. The number of benzene rings is 1. The van der Waals surface area contributed by atoms with E-state index in [1.54, 1.807) is 0 Å². The van der Waals surface area contributed by atoms with Gasteiger partial charge < -0.3 is 4.57 Å². The zero-order valence-electron chi connectivity index (χ0n) is 11.1. The van der Waals surface area contributed by atoms with Crippen molar-refractivity contribution in [2.75, 3.05) is 0 Å². The highest BCUT2D eigenvalue weighted by Gasteiger charge is 2.33. The van der Waals surface area contributed by atoms with Gasteiger partial charge in [-0.3, -0.25) is 4.79 Å². The summed E-state index contributed by atoms with van der Waals surface area (Å²) in [7, 11) is 0. The van der Waals surface area contributed by atoms with Gasteiger partial charge in [0.15, 0.2) is 5.78 Å². The summed E-state index contributed by atoms with van der Waals surface area (Å²) < 4.78 is 3.37. The summed E-state index contributed by atoms with van der Waals surface area (Å²) in [5.74, 6) is 0.274. The van der Waals surface area contributed by atoms with E-state index >= 15 is 0 Å². The van der Waals surface area contributed by atoms with Crippen LogP contribution in [-0.4, -0.2) is 10.4 Å². The molecule has 0 radical (unpaired) electrons. The predicted molar refractivity (Wildman–Crippen MR) is 84.9 cm³/mol. The summed E-state index contributed by atoms with van der Waals surface area (Å²) in [6, 6.07) is 10.3. The van der Waals surface area contributed by atoms with Crippen LogP contribution >= 0.6 is 22.6 Å². The number of carbonyl (C=O) groups is 1. The number of Topliss-reactive ketones (excluding diaryl/α,β-unsaturated/α-hetero) is 1. The fourth-order valence-electron chi connectivity index (χ4n) is 2.81. The standard InChI is InChI=1S/C16H16INO/c1-16(2)9-14-13(15(19)10-16)6-7-18(14)12-5-3-4-11(17)8-12/h3-8H,9-10H2,1-2H3. The predicted octanol–water partition coefficient (Wildman–Crippen LogP) is 4.24. The molecule has 3 heteroatoms. The largest absolute Gasteiger partial charge is 0.320 e. The van der Waals surface area contributed by atoms with Crippen LogP contribution in [0, 0.1) is 8.99 Å². The van der Waals surface area contributed by atoms with Crippen LogP contribution in [0.4, 0.5) is 0 Å². The number of ketones is 1. The molecule has 0 spiro atoms. The number of halogens is 1. The topological polar surface area (TPSA) is 22.0 Å². The Morgan fingerprint density at radius 2 is 2.00 bits per heavy atom. The molecule has 0 aliphatic heterocycles.